The van der Waals surface area contributed by atoms with Gasteiger partial charge >= 0.3 is 0 Å². The Morgan fingerprint density at radius 3 is 1.39 bits per heavy atom. The second-order valence-corrected chi connectivity index (χ2v) is 16.8. The van der Waals surface area contributed by atoms with Crippen LogP contribution in [0.15, 0.2) is 170 Å². The Balaban J connectivity index is 1.15. The van der Waals surface area contributed by atoms with Gasteiger partial charge in [0.1, 0.15) is 0 Å². The molecule has 0 fully saturated rings. The molecule has 0 saturated heterocycles. The SMILES string of the molecule is Cc1ccc2c(N3c4ccccc4Oc4cc5c(cc43)sc3c4ccccc4c4ccccc4c53)c3cc(C)ccc3c(N3c4ccccc4Oc4ccccc43)c2c1. The van der Waals surface area contributed by atoms with Gasteiger partial charge in [-0.3, -0.25) is 0 Å². The first kappa shape index (κ1) is 32.7. The van der Waals surface area contributed by atoms with Gasteiger partial charge in [0.2, 0.25) is 0 Å². The molecule has 4 nitrogen and oxygen atoms in total. The van der Waals surface area contributed by atoms with E-state index in [0.717, 1.165) is 78.7 Å². The summed E-state index contributed by atoms with van der Waals surface area (Å²) >= 11 is 1.88. The van der Waals surface area contributed by atoms with Crippen LogP contribution in [-0.2, 0) is 0 Å². The minimum Gasteiger partial charge on any atom is -0.453 e. The number of hydrogen-bond donors (Lipinski definition) is 0. The summed E-state index contributed by atoms with van der Waals surface area (Å²) in [5.41, 5.74) is 8.71. The lowest BCUT2D eigenvalue weighted by Crippen LogP contribution is -2.19. The number of anilines is 6. The summed E-state index contributed by atoms with van der Waals surface area (Å²) in [7, 11) is 0. The maximum Gasteiger partial charge on any atom is 0.152 e. The van der Waals surface area contributed by atoms with E-state index in [0.29, 0.717) is 0 Å². The van der Waals surface area contributed by atoms with Crippen molar-refractivity contribution in [2.24, 2.45) is 0 Å². The van der Waals surface area contributed by atoms with E-state index in [4.69, 9.17) is 9.47 Å². The van der Waals surface area contributed by atoms with E-state index in [9.17, 15) is 0 Å². The normalized spacial score (nSPS) is 13.1. The monoisotopic (exact) mass is 774 g/mol. The molecule has 0 bridgehead atoms. The van der Waals surface area contributed by atoms with E-state index in [2.05, 4.69) is 181 Å². The van der Waals surface area contributed by atoms with E-state index in [1.54, 1.807) is 0 Å². The number of thiophene rings is 1. The molecule has 0 atom stereocenters. The van der Waals surface area contributed by atoms with Gasteiger partial charge in [-0.25, -0.2) is 0 Å². The third-order valence-corrected chi connectivity index (χ3v) is 13.4. The summed E-state index contributed by atoms with van der Waals surface area (Å²) in [5, 5.41) is 12.2. The summed E-state index contributed by atoms with van der Waals surface area (Å²) in [5.74, 6) is 3.34. The van der Waals surface area contributed by atoms with Crippen LogP contribution in [-0.4, -0.2) is 0 Å². The zero-order valence-electron chi connectivity index (χ0n) is 32.3. The molecular weight excluding hydrogens is 741 g/mol. The van der Waals surface area contributed by atoms with Crippen LogP contribution in [0.1, 0.15) is 11.1 Å². The predicted molar refractivity (Wildman–Crippen MR) is 248 cm³/mol. The number of fused-ring (bicyclic) bond motifs is 14. The second kappa shape index (κ2) is 12.1. The highest BCUT2D eigenvalue weighted by Crippen LogP contribution is 2.60. The van der Waals surface area contributed by atoms with Crippen LogP contribution in [0.5, 0.6) is 23.0 Å². The molecule has 2 aliphatic heterocycles. The lowest BCUT2D eigenvalue weighted by atomic mass is 9.92. The average Bonchev–Trinajstić information content (AvgIpc) is 3.65. The van der Waals surface area contributed by atoms with Gasteiger partial charge in [-0.1, -0.05) is 120 Å². The van der Waals surface area contributed by atoms with Crippen molar-refractivity contribution >= 4 is 109 Å². The number of hydrogen-bond acceptors (Lipinski definition) is 5. The molecular formula is C54H34N2O2S. The smallest absolute Gasteiger partial charge is 0.152 e. The average molecular weight is 775 g/mol. The Kier molecular flexibility index (Phi) is 6.70. The largest absolute Gasteiger partial charge is 0.453 e. The molecule has 59 heavy (non-hydrogen) atoms. The van der Waals surface area contributed by atoms with Crippen molar-refractivity contribution in [2.75, 3.05) is 9.80 Å². The fourth-order valence-corrected chi connectivity index (χ4v) is 11.0. The minimum atomic E-state index is 0.829. The van der Waals surface area contributed by atoms with Crippen molar-refractivity contribution < 1.29 is 9.47 Å². The first-order chi connectivity index (χ1) is 29.1. The van der Waals surface area contributed by atoms with Crippen molar-refractivity contribution in [1.82, 2.24) is 0 Å². The van der Waals surface area contributed by atoms with E-state index < -0.39 is 0 Å². The Labute approximate surface area is 344 Å². The molecule has 0 aliphatic carbocycles. The van der Waals surface area contributed by atoms with Crippen LogP contribution >= 0.6 is 11.3 Å². The van der Waals surface area contributed by atoms with Gasteiger partial charge in [0.15, 0.2) is 23.0 Å². The van der Waals surface area contributed by atoms with E-state index >= 15 is 0 Å². The van der Waals surface area contributed by atoms with Crippen LogP contribution in [0, 0.1) is 13.8 Å². The van der Waals surface area contributed by atoms with Crippen LogP contribution in [0.4, 0.5) is 34.1 Å². The first-order valence-electron chi connectivity index (χ1n) is 20.1. The van der Waals surface area contributed by atoms with Gasteiger partial charge in [0.25, 0.3) is 0 Å². The number of para-hydroxylation sites is 6. The van der Waals surface area contributed by atoms with Gasteiger partial charge in [0, 0.05) is 47.1 Å². The lowest BCUT2D eigenvalue weighted by molar-refractivity contribution is 0.477. The second-order valence-electron chi connectivity index (χ2n) is 15.8. The fraction of sp³-hybridized carbons (Fsp3) is 0.0370. The fourth-order valence-electron chi connectivity index (χ4n) is 9.73. The molecule has 2 aliphatic rings. The number of benzene rings is 10. The molecule has 0 radical (unpaired) electrons. The molecule has 3 heterocycles. The Hall–Kier alpha value is -7.34. The molecule has 0 saturated carbocycles. The summed E-state index contributed by atoms with van der Waals surface area (Å²) in [6.07, 6.45) is 0. The van der Waals surface area contributed by atoms with Crippen molar-refractivity contribution in [3.63, 3.8) is 0 Å². The highest BCUT2D eigenvalue weighted by molar-refractivity contribution is 7.27. The highest BCUT2D eigenvalue weighted by Gasteiger charge is 2.34. The summed E-state index contributed by atoms with van der Waals surface area (Å²) < 4.78 is 16.0. The van der Waals surface area contributed by atoms with Crippen LogP contribution in [0.2, 0.25) is 0 Å². The number of ether oxygens (including phenoxy) is 2. The van der Waals surface area contributed by atoms with Crippen LogP contribution in [0.3, 0.4) is 0 Å². The van der Waals surface area contributed by atoms with Gasteiger partial charge in [-0.15, -0.1) is 11.3 Å². The molecule has 0 spiro atoms. The van der Waals surface area contributed by atoms with Crippen molar-refractivity contribution in [3.8, 4) is 23.0 Å². The van der Waals surface area contributed by atoms with Crippen LogP contribution in [0.25, 0.3) is 63.3 Å². The molecule has 1 aromatic heterocycles. The maximum absolute atomic E-state index is 6.96. The molecule has 0 unspecified atom stereocenters. The van der Waals surface area contributed by atoms with Crippen LogP contribution < -0.4 is 19.3 Å². The predicted octanol–water partition coefficient (Wildman–Crippen LogP) is 16.4. The highest BCUT2D eigenvalue weighted by atomic mass is 32.1. The summed E-state index contributed by atoms with van der Waals surface area (Å²) in [6.45, 7) is 4.38. The molecule has 10 aromatic carbocycles. The number of nitrogens with zero attached hydrogens (tertiary/aromatic N) is 2. The van der Waals surface area contributed by atoms with Crippen molar-refractivity contribution in [3.05, 3.63) is 181 Å². The molecule has 13 rings (SSSR count). The maximum atomic E-state index is 6.96. The van der Waals surface area contributed by atoms with Gasteiger partial charge in [-0.2, -0.15) is 0 Å². The van der Waals surface area contributed by atoms with E-state index in [-0.39, 0.29) is 0 Å². The third kappa shape index (κ3) is 4.59. The van der Waals surface area contributed by atoms with Gasteiger partial charge in [0.05, 0.1) is 34.1 Å². The third-order valence-electron chi connectivity index (χ3n) is 12.2. The molecule has 278 valence electrons. The molecule has 5 heteroatoms. The molecule has 0 N–H and O–H groups in total. The molecule has 11 aromatic rings. The molecule has 0 amide bonds. The lowest BCUT2D eigenvalue weighted by Gasteiger charge is -2.37. The standard InChI is InChI=1S/C54H34N2O2S/c1-31-24-26-37-39(27-31)52(55-42-17-7-10-20-46(42)57-47-21-11-8-18-43(47)55)36-25-23-32(2)28-40(36)53(37)56-44-19-9-12-22-48(44)58-49-29-41-50(30-45(49)56)59-54-38-16-6-4-14-34(38)33-13-3-5-15-35(33)51(41)54/h3-30H,1-2H3. The minimum absolute atomic E-state index is 0.829. The Morgan fingerprint density at radius 1 is 0.356 bits per heavy atom. The Bertz CT molecular complexity index is 3580. The quantitative estimate of drug-likeness (QED) is 0.129. The zero-order valence-corrected chi connectivity index (χ0v) is 33.1. The first-order valence-corrected chi connectivity index (χ1v) is 20.9. The number of aryl methyl sites for hydroxylation is 2. The summed E-state index contributed by atoms with van der Waals surface area (Å²) in [4.78, 5) is 4.88. The number of rotatable bonds is 2. The van der Waals surface area contributed by atoms with E-state index in [1.807, 2.05) is 23.5 Å². The van der Waals surface area contributed by atoms with Gasteiger partial charge < -0.3 is 19.3 Å². The topological polar surface area (TPSA) is 24.9 Å². The van der Waals surface area contributed by atoms with Gasteiger partial charge in [-0.05, 0) is 90.7 Å². The zero-order chi connectivity index (χ0) is 38.9. The van der Waals surface area contributed by atoms with E-state index in [1.165, 1.54) is 52.8 Å². The summed E-state index contributed by atoms with van der Waals surface area (Å²) in [6, 6.07) is 61.4. The van der Waals surface area contributed by atoms with Crippen molar-refractivity contribution in [1.29, 1.82) is 0 Å². The van der Waals surface area contributed by atoms with Crippen molar-refractivity contribution in [2.45, 2.75) is 13.8 Å². The Morgan fingerprint density at radius 2 is 0.814 bits per heavy atom.